The molecule has 0 saturated heterocycles. The number of alkyl halides is 3. The Morgan fingerprint density at radius 1 is 0.909 bits per heavy atom. The molecular formula is C16H17ClF3NO. The Bertz CT molecular complexity index is 582. The van der Waals surface area contributed by atoms with Gasteiger partial charge >= 0.3 is 6.18 Å². The fourth-order valence-electron chi connectivity index (χ4n) is 2.08. The summed E-state index contributed by atoms with van der Waals surface area (Å²) in [4.78, 5) is 0. The van der Waals surface area contributed by atoms with E-state index in [-0.39, 0.29) is 25.1 Å². The van der Waals surface area contributed by atoms with E-state index in [1.165, 1.54) is 12.1 Å². The Morgan fingerprint density at radius 2 is 1.36 bits per heavy atom. The molecule has 0 heterocycles. The van der Waals surface area contributed by atoms with Gasteiger partial charge in [0.15, 0.2) is 0 Å². The summed E-state index contributed by atoms with van der Waals surface area (Å²) in [6.07, 6.45) is -3.85. The molecule has 0 aliphatic rings. The van der Waals surface area contributed by atoms with Crippen LogP contribution in [-0.2, 0) is 6.18 Å². The maximum Gasteiger partial charge on any atom is 0.416 e. The van der Waals surface area contributed by atoms with E-state index in [4.69, 9.17) is 10.8 Å². The Balaban J connectivity index is 0.00000242. The zero-order valence-corrected chi connectivity index (χ0v) is 12.5. The average molecular weight is 332 g/mol. The van der Waals surface area contributed by atoms with Gasteiger partial charge in [0, 0.05) is 12.6 Å². The summed E-state index contributed by atoms with van der Waals surface area (Å²) in [7, 11) is 0. The van der Waals surface area contributed by atoms with Crippen molar-refractivity contribution < 1.29 is 18.3 Å². The molecular weight excluding hydrogens is 315 g/mol. The first-order chi connectivity index (χ1) is 9.91. The van der Waals surface area contributed by atoms with Gasteiger partial charge < -0.3 is 10.8 Å². The topological polar surface area (TPSA) is 46.2 Å². The predicted octanol–water partition coefficient (Wildman–Crippen LogP) is 4.18. The molecule has 2 rings (SSSR count). The van der Waals surface area contributed by atoms with E-state index in [2.05, 4.69) is 0 Å². The van der Waals surface area contributed by atoms with Gasteiger partial charge in [-0.1, -0.05) is 36.4 Å². The summed E-state index contributed by atoms with van der Waals surface area (Å²) in [6, 6.07) is 12.1. The first-order valence-corrected chi connectivity index (χ1v) is 6.56. The molecule has 0 aromatic heterocycles. The number of aliphatic hydroxyl groups excluding tert-OH is 1. The zero-order chi connectivity index (χ0) is 15.5. The van der Waals surface area contributed by atoms with E-state index >= 15 is 0 Å². The molecule has 0 aliphatic heterocycles. The monoisotopic (exact) mass is 331 g/mol. The van der Waals surface area contributed by atoms with Crippen LogP contribution < -0.4 is 5.73 Å². The van der Waals surface area contributed by atoms with E-state index in [1.54, 1.807) is 0 Å². The summed E-state index contributed by atoms with van der Waals surface area (Å²) in [5.41, 5.74) is 7.64. The van der Waals surface area contributed by atoms with Gasteiger partial charge in [-0.3, -0.25) is 0 Å². The molecule has 0 spiro atoms. The zero-order valence-electron chi connectivity index (χ0n) is 11.7. The number of rotatable bonds is 4. The molecule has 2 aromatic carbocycles. The first-order valence-electron chi connectivity index (χ1n) is 6.56. The van der Waals surface area contributed by atoms with Crippen molar-refractivity contribution in [1.82, 2.24) is 0 Å². The highest BCUT2D eigenvalue weighted by Gasteiger charge is 2.29. The standard InChI is InChI=1S/C16H16F3NO.ClH/c17-16(18,19)14-7-5-12(6-8-14)11-1-3-13(4-2-11)15(20)9-10-21;/h1-8,15,21H,9-10,20H2;1H. The smallest absolute Gasteiger partial charge is 0.396 e. The lowest BCUT2D eigenvalue weighted by Crippen LogP contribution is -2.11. The lowest BCUT2D eigenvalue weighted by Gasteiger charge is -2.11. The Hall–Kier alpha value is -1.56. The molecule has 0 fully saturated rings. The summed E-state index contributed by atoms with van der Waals surface area (Å²) < 4.78 is 37.5. The van der Waals surface area contributed by atoms with Gasteiger partial charge in [-0.15, -0.1) is 12.4 Å². The molecule has 0 radical (unpaired) electrons. The number of nitrogens with two attached hydrogens (primary N) is 1. The van der Waals surface area contributed by atoms with Crippen molar-refractivity contribution in [3.05, 3.63) is 59.7 Å². The van der Waals surface area contributed by atoms with Crippen LogP contribution >= 0.6 is 12.4 Å². The number of benzene rings is 2. The molecule has 1 unspecified atom stereocenters. The van der Waals surface area contributed by atoms with Crippen molar-refractivity contribution in [3.63, 3.8) is 0 Å². The highest BCUT2D eigenvalue weighted by molar-refractivity contribution is 5.85. The van der Waals surface area contributed by atoms with Crippen LogP contribution in [0.3, 0.4) is 0 Å². The van der Waals surface area contributed by atoms with Crippen LogP contribution in [0.2, 0.25) is 0 Å². The Morgan fingerprint density at radius 3 is 1.77 bits per heavy atom. The molecule has 22 heavy (non-hydrogen) atoms. The molecule has 3 N–H and O–H groups in total. The van der Waals surface area contributed by atoms with E-state index in [1.807, 2.05) is 24.3 Å². The first kappa shape index (κ1) is 18.5. The summed E-state index contributed by atoms with van der Waals surface area (Å²) in [5, 5.41) is 8.85. The van der Waals surface area contributed by atoms with Crippen LogP contribution in [-0.4, -0.2) is 11.7 Å². The van der Waals surface area contributed by atoms with Crippen molar-refractivity contribution in [2.24, 2.45) is 5.73 Å². The van der Waals surface area contributed by atoms with Crippen LogP contribution in [0.25, 0.3) is 11.1 Å². The fourth-order valence-corrected chi connectivity index (χ4v) is 2.08. The van der Waals surface area contributed by atoms with E-state index in [9.17, 15) is 13.2 Å². The van der Waals surface area contributed by atoms with Gasteiger partial charge in [-0.2, -0.15) is 13.2 Å². The molecule has 0 aliphatic carbocycles. The quantitative estimate of drug-likeness (QED) is 0.883. The van der Waals surface area contributed by atoms with E-state index < -0.39 is 11.7 Å². The van der Waals surface area contributed by atoms with Gasteiger partial charge in [0.25, 0.3) is 0 Å². The summed E-state index contributed by atoms with van der Waals surface area (Å²) >= 11 is 0. The van der Waals surface area contributed by atoms with Gasteiger partial charge in [-0.25, -0.2) is 0 Å². The molecule has 0 saturated carbocycles. The van der Waals surface area contributed by atoms with E-state index in [0.29, 0.717) is 12.0 Å². The molecule has 120 valence electrons. The molecule has 0 bridgehead atoms. The third kappa shape index (κ3) is 4.47. The van der Waals surface area contributed by atoms with Crippen molar-refractivity contribution in [3.8, 4) is 11.1 Å². The second-order valence-corrected chi connectivity index (χ2v) is 4.82. The third-order valence-corrected chi connectivity index (χ3v) is 3.32. The SMILES string of the molecule is Cl.NC(CCO)c1ccc(-c2ccc(C(F)(F)F)cc2)cc1. The summed E-state index contributed by atoms with van der Waals surface area (Å²) in [6.45, 7) is 0.0157. The van der Waals surface area contributed by atoms with Gasteiger partial charge in [0.1, 0.15) is 0 Å². The van der Waals surface area contributed by atoms with Crippen LogP contribution in [0.4, 0.5) is 13.2 Å². The largest absolute Gasteiger partial charge is 0.416 e. The minimum absolute atomic E-state index is 0. The van der Waals surface area contributed by atoms with Crippen molar-refractivity contribution in [2.45, 2.75) is 18.6 Å². The molecule has 2 nitrogen and oxygen atoms in total. The van der Waals surface area contributed by atoms with Crippen molar-refractivity contribution >= 4 is 12.4 Å². The van der Waals surface area contributed by atoms with Crippen molar-refractivity contribution in [1.29, 1.82) is 0 Å². The van der Waals surface area contributed by atoms with Gasteiger partial charge in [0.05, 0.1) is 5.56 Å². The highest BCUT2D eigenvalue weighted by Crippen LogP contribution is 2.31. The predicted molar refractivity (Wildman–Crippen MR) is 82.8 cm³/mol. The molecule has 0 amide bonds. The maximum absolute atomic E-state index is 12.5. The minimum atomic E-state index is -4.32. The highest BCUT2D eigenvalue weighted by atomic mass is 35.5. The lowest BCUT2D eigenvalue weighted by atomic mass is 9.99. The lowest BCUT2D eigenvalue weighted by molar-refractivity contribution is -0.137. The maximum atomic E-state index is 12.5. The van der Waals surface area contributed by atoms with Gasteiger partial charge in [0.2, 0.25) is 0 Å². The number of halogens is 4. The number of aliphatic hydroxyl groups is 1. The average Bonchev–Trinajstić information content (AvgIpc) is 2.47. The summed E-state index contributed by atoms with van der Waals surface area (Å²) in [5.74, 6) is 0. The van der Waals surface area contributed by atoms with Crippen LogP contribution in [0.1, 0.15) is 23.6 Å². The van der Waals surface area contributed by atoms with E-state index in [0.717, 1.165) is 23.3 Å². The third-order valence-electron chi connectivity index (χ3n) is 3.32. The van der Waals surface area contributed by atoms with Crippen LogP contribution in [0.15, 0.2) is 48.5 Å². The fraction of sp³-hybridized carbons (Fsp3) is 0.250. The Kier molecular flexibility index (Phi) is 6.41. The molecule has 1 atom stereocenters. The molecule has 6 heteroatoms. The second kappa shape index (κ2) is 7.63. The normalized spacial score (nSPS) is 12.6. The van der Waals surface area contributed by atoms with Crippen molar-refractivity contribution in [2.75, 3.05) is 6.61 Å². The van der Waals surface area contributed by atoms with Crippen LogP contribution in [0.5, 0.6) is 0 Å². The number of hydrogen-bond acceptors (Lipinski definition) is 2. The minimum Gasteiger partial charge on any atom is -0.396 e. The molecule has 2 aromatic rings. The van der Waals surface area contributed by atoms with Crippen LogP contribution in [0, 0.1) is 0 Å². The second-order valence-electron chi connectivity index (χ2n) is 4.82. The number of hydrogen-bond donors (Lipinski definition) is 2. The van der Waals surface area contributed by atoms with Gasteiger partial charge in [-0.05, 0) is 35.2 Å². The Labute approximate surface area is 133 Å².